The summed E-state index contributed by atoms with van der Waals surface area (Å²) in [6.07, 6.45) is -3.69. The number of aromatic nitrogens is 3. The molecular weight excluding hydrogens is 191 g/mol. The molecule has 0 saturated heterocycles. The van der Waals surface area contributed by atoms with Gasteiger partial charge in [-0.3, -0.25) is 0 Å². The molecule has 0 bridgehead atoms. The van der Waals surface area contributed by atoms with Gasteiger partial charge < -0.3 is 5.11 Å². The van der Waals surface area contributed by atoms with Gasteiger partial charge in [0.05, 0.1) is 6.20 Å². The highest BCUT2D eigenvalue weighted by Crippen LogP contribution is 2.15. The van der Waals surface area contributed by atoms with Crippen LogP contribution < -0.4 is 0 Å². The van der Waals surface area contributed by atoms with Crippen LogP contribution in [-0.2, 0) is 6.54 Å². The van der Waals surface area contributed by atoms with Crippen molar-refractivity contribution in [2.45, 2.75) is 12.7 Å². The summed E-state index contributed by atoms with van der Waals surface area (Å²) in [4.78, 5) is 10.5. The van der Waals surface area contributed by atoms with Crippen LogP contribution in [0.15, 0.2) is 6.20 Å². The molecule has 72 valence electrons. The summed E-state index contributed by atoms with van der Waals surface area (Å²) in [6, 6.07) is 0. The normalized spacial score (nSPS) is 11.6. The smallest absolute Gasteiger partial charge is 0.409 e. The second kappa shape index (κ2) is 3.04. The van der Waals surface area contributed by atoms with Gasteiger partial charge in [0.2, 0.25) is 0 Å². The van der Waals surface area contributed by atoms with Crippen LogP contribution in [-0.4, -0.2) is 32.2 Å². The molecular formula is C5H4F3N3O2. The van der Waals surface area contributed by atoms with Gasteiger partial charge in [-0.05, 0) is 0 Å². The second-order valence-corrected chi connectivity index (χ2v) is 2.18. The Balaban J connectivity index is 2.75. The van der Waals surface area contributed by atoms with Crippen LogP contribution in [0.5, 0.6) is 0 Å². The number of nitrogens with zero attached hydrogens (tertiary/aromatic N) is 3. The highest BCUT2D eigenvalue weighted by atomic mass is 19.4. The topological polar surface area (TPSA) is 68.0 Å². The minimum atomic E-state index is -4.45. The molecule has 8 heteroatoms. The van der Waals surface area contributed by atoms with Crippen molar-refractivity contribution >= 4 is 5.97 Å². The van der Waals surface area contributed by atoms with Gasteiger partial charge in [-0.25, -0.2) is 4.79 Å². The van der Waals surface area contributed by atoms with Crippen molar-refractivity contribution < 1.29 is 23.1 Å². The Hall–Kier alpha value is -1.60. The molecule has 5 nitrogen and oxygen atoms in total. The molecule has 1 aromatic rings. The molecule has 0 radical (unpaired) electrons. The third-order valence-corrected chi connectivity index (χ3v) is 1.08. The third kappa shape index (κ3) is 2.73. The first kappa shape index (κ1) is 9.49. The zero-order valence-corrected chi connectivity index (χ0v) is 6.12. The molecule has 0 aliphatic carbocycles. The fourth-order valence-electron chi connectivity index (χ4n) is 0.632. The van der Waals surface area contributed by atoms with Gasteiger partial charge in [0, 0.05) is 0 Å². The Labute approximate surface area is 69.8 Å². The molecule has 0 saturated carbocycles. The van der Waals surface area contributed by atoms with E-state index in [0.29, 0.717) is 0 Å². The molecule has 0 amide bonds. The minimum absolute atomic E-state index is 0.281. The number of halogens is 3. The van der Waals surface area contributed by atoms with Crippen molar-refractivity contribution in [3.63, 3.8) is 0 Å². The van der Waals surface area contributed by atoms with Crippen LogP contribution in [0.25, 0.3) is 0 Å². The Morgan fingerprint density at radius 3 is 2.62 bits per heavy atom. The molecule has 0 aliphatic heterocycles. The molecule has 0 aliphatic rings. The lowest BCUT2D eigenvalue weighted by Gasteiger charge is -2.03. The molecule has 13 heavy (non-hydrogen) atoms. The minimum Gasteiger partial charge on any atom is -0.476 e. The summed E-state index contributed by atoms with van der Waals surface area (Å²) >= 11 is 0. The number of hydrogen-bond acceptors (Lipinski definition) is 3. The Kier molecular flexibility index (Phi) is 2.22. The molecule has 1 rings (SSSR count). The van der Waals surface area contributed by atoms with E-state index in [4.69, 9.17) is 5.11 Å². The van der Waals surface area contributed by atoms with E-state index in [9.17, 15) is 18.0 Å². The lowest BCUT2D eigenvalue weighted by atomic mass is 10.5. The number of carboxylic acids is 1. The van der Waals surface area contributed by atoms with Gasteiger partial charge in [-0.2, -0.15) is 23.1 Å². The van der Waals surface area contributed by atoms with Gasteiger partial charge in [0.25, 0.3) is 0 Å². The summed E-state index contributed by atoms with van der Waals surface area (Å²) in [5.74, 6) is -1.41. The first-order valence-electron chi connectivity index (χ1n) is 3.08. The maximum absolute atomic E-state index is 11.7. The van der Waals surface area contributed by atoms with E-state index in [0.717, 1.165) is 6.20 Å². The van der Waals surface area contributed by atoms with Crippen molar-refractivity contribution in [1.82, 2.24) is 15.0 Å². The van der Waals surface area contributed by atoms with Crippen LogP contribution in [0, 0.1) is 0 Å². The van der Waals surface area contributed by atoms with E-state index in [1.807, 2.05) is 0 Å². The predicted octanol–water partition coefficient (Wildman–Crippen LogP) is 0.539. The van der Waals surface area contributed by atoms with Gasteiger partial charge in [0.1, 0.15) is 0 Å². The van der Waals surface area contributed by atoms with Gasteiger partial charge in [-0.1, -0.05) is 0 Å². The van der Waals surface area contributed by atoms with Crippen LogP contribution in [0.4, 0.5) is 13.2 Å². The number of alkyl halides is 3. The molecule has 0 unspecified atom stereocenters. The van der Waals surface area contributed by atoms with E-state index in [-0.39, 0.29) is 4.80 Å². The number of aromatic carboxylic acids is 1. The molecule has 0 aromatic carbocycles. The first-order valence-corrected chi connectivity index (χ1v) is 3.08. The molecule has 0 fully saturated rings. The molecule has 1 N–H and O–H groups in total. The standard InChI is InChI=1S/C5H4F3N3O2/c6-5(7,8)2-11-9-1-3(10-11)4(12)13/h1H,2H2,(H,12,13). The Morgan fingerprint density at radius 1 is 1.62 bits per heavy atom. The average Bonchev–Trinajstić information content (AvgIpc) is 2.31. The van der Waals surface area contributed by atoms with E-state index < -0.39 is 24.4 Å². The Morgan fingerprint density at radius 2 is 2.23 bits per heavy atom. The summed E-state index contributed by atoms with van der Waals surface area (Å²) < 4.78 is 35.1. The lowest BCUT2D eigenvalue weighted by molar-refractivity contribution is -0.144. The number of rotatable bonds is 2. The zero-order valence-electron chi connectivity index (χ0n) is 6.12. The van der Waals surface area contributed by atoms with Crippen LogP contribution in [0.2, 0.25) is 0 Å². The quantitative estimate of drug-likeness (QED) is 0.747. The maximum atomic E-state index is 11.7. The summed E-state index contributed by atoms with van der Waals surface area (Å²) in [7, 11) is 0. The van der Waals surface area contributed by atoms with Crippen LogP contribution in [0.3, 0.4) is 0 Å². The Bertz CT molecular complexity index is 319. The van der Waals surface area contributed by atoms with Gasteiger partial charge in [-0.15, -0.1) is 5.10 Å². The predicted molar refractivity (Wildman–Crippen MR) is 33.0 cm³/mol. The number of carboxylic acid groups (broad SMARTS) is 1. The van der Waals surface area contributed by atoms with Gasteiger partial charge >= 0.3 is 12.1 Å². The number of carbonyl (C=O) groups is 1. The highest BCUT2D eigenvalue weighted by molar-refractivity contribution is 5.84. The van der Waals surface area contributed by atoms with Crippen molar-refractivity contribution in [2.75, 3.05) is 0 Å². The molecule has 0 atom stereocenters. The first-order chi connectivity index (χ1) is 5.88. The third-order valence-electron chi connectivity index (χ3n) is 1.08. The largest absolute Gasteiger partial charge is 0.476 e. The average molecular weight is 195 g/mol. The molecule has 1 heterocycles. The molecule has 1 aromatic heterocycles. The van der Waals surface area contributed by atoms with E-state index in [2.05, 4.69) is 10.2 Å². The fraction of sp³-hybridized carbons (Fsp3) is 0.400. The highest BCUT2D eigenvalue weighted by Gasteiger charge is 2.29. The van der Waals surface area contributed by atoms with Crippen LogP contribution in [0.1, 0.15) is 10.5 Å². The lowest BCUT2D eigenvalue weighted by Crippen LogP contribution is -2.19. The number of hydrogen-bond donors (Lipinski definition) is 1. The zero-order chi connectivity index (χ0) is 10.1. The summed E-state index contributed by atoms with van der Waals surface area (Å²) in [5, 5.41) is 14.5. The maximum Gasteiger partial charge on any atom is 0.409 e. The van der Waals surface area contributed by atoms with Crippen LogP contribution >= 0.6 is 0 Å². The van der Waals surface area contributed by atoms with E-state index >= 15 is 0 Å². The van der Waals surface area contributed by atoms with Crippen molar-refractivity contribution in [3.05, 3.63) is 11.9 Å². The van der Waals surface area contributed by atoms with Crippen molar-refractivity contribution in [3.8, 4) is 0 Å². The van der Waals surface area contributed by atoms with E-state index in [1.165, 1.54) is 0 Å². The molecule has 0 spiro atoms. The van der Waals surface area contributed by atoms with E-state index in [1.54, 1.807) is 0 Å². The van der Waals surface area contributed by atoms with Gasteiger partial charge in [0.15, 0.2) is 12.2 Å². The van der Waals surface area contributed by atoms with Crippen molar-refractivity contribution in [2.24, 2.45) is 0 Å². The summed E-state index contributed by atoms with van der Waals surface area (Å²) in [5.41, 5.74) is -0.510. The SMILES string of the molecule is O=C(O)c1cnn(CC(F)(F)F)n1. The fourth-order valence-corrected chi connectivity index (χ4v) is 0.632. The van der Waals surface area contributed by atoms with Crippen molar-refractivity contribution in [1.29, 1.82) is 0 Å². The monoisotopic (exact) mass is 195 g/mol. The second-order valence-electron chi connectivity index (χ2n) is 2.18. The summed E-state index contributed by atoms with van der Waals surface area (Å²) in [6.45, 7) is -1.39.